The molecule has 0 rings (SSSR count). The van der Waals surface area contributed by atoms with Crippen LogP contribution in [0.3, 0.4) is 0 Å². The van der Waals surface area contributed by atoms with E-state index in [-0.39, 0.29) is 5.76 Å². The first kappa shape index (κ1) is 15.0. The van der Waals surface area contributed by atoms with E-state index in [1.807, 2.05) is 20.8 Å². The quantitative estimate of drug-likeness (QED) is 0.290. The minimum absolute atomic E-state index is 0.103. The molecule has 0 unspecified atom stereocenters. The summed E-state index contributed by atoms with van der Waals surface area (Å²) in [6, 6.07) is 0. The average Bonchev–Trinajstić information content (AvgIpc) is 2.14. The van der Waals surface area contributed by atoms with Crippen LogP contribution in [-0.4, -0.2) is 18.2 Å². The largest absolute Gasteiger partial charge is 0.487 e. The third kappa shape index (κ3) is 8.33. The molecule has 0 aromatic heterocycles. The van der Waals surface area contributed by atoms with Crippen LogP contribution in [0.15, 0.2) is 12.3 Å². The van der Waals surface area contributed by atoms with Crippen LogP contribution in [0, 0.1) is 0 Å². The Balaban J connectivity index is 3.68. The van der Waals surface area contributed by atoms with Gasteiger partial charge in [-0.2, -0.15) is 0 Å². The summed E-state index contributed by atoms with van der Waals surface area (Å²) < 4.78 is 10.3. The monoisotopic (exact) mass is 228 g/mol. The Morgan fingerprint density at radius 1 is 1.19 bits per heavy atom. The Morgan fingerprint density at radius 2 is 1.81 bits per heavy atom. The van der Waals surface area contributed by atoms with Gasteiger partial charge in [-0.25, -0.2) is 4.79 Å². The molecule has 0 spiro atoms. The average molecular weight is 228 g/mol. The fraction of sp³-hybridized carbons (Fsp3) is 0.769. The number of unbranched alkanes of at least 4 members (excludes halogenated alkanes) is 3. The highest BCUT2D eigenvalue weighted by molar-refractivity contribution is 5.85. The van der Waals surface area contributed by atoms with E-state index in [0.717, 1.165) is 12.8 Å². The second kappa shape index (κ2) is 7.31. The number of ether oxygens (including phenoxy) is 2. The second-order valence-corrected chi connectivity index (χ2v) is 4.83. The van der Waals surface area contributed by atoms with Gasteiger partial charge in [0, 0.05) is 0 Å². The Labute approximate surface area is 98.8 Å². The van der Waals surface area contributed by atoms with Gasteiger partial charge in [0.2, 0.25) is 0 Å². The Morgan fingerprint density at radius 3 is 2.31 bits per heavy atom. The zero-order valence-corrected chi connectivity index (χ0v) is 11.0. The first-order valence-corrected chi connectivity index (χ1v) is 5.92. The van der Waals surface area contributed by atoms with Gasteiger partial charge in [0.05, 0.1) is 6.61 Å². The predicted molar refractivity (Wildman–Crippen MR) is 65.1 cm³/mol. The van der Waals surface area contributed by atoms with Gasteiger partial charge in [0.25, 0.3) is 0 Å². The molecule has 0 bridgehead atoms. The van der Waals surface area contributed by atoms with Crippen molar-refractivity contribution in [1.82, 2.24) is 0 Å². The SMILES string of the molecule is C=C(OCCCCCC)C(=O)OC(C)(C)C. The smallest absolute Gasteiger partial charge is 0.373 e. The van der Waals surface area contributed by atoms with Crippen LogP contribution in [0.4, 0.5) is 0 Å². The van der Waals surface area contributed by atoms with Crippen LogP contribution in [0.25, 0.3) is 0 Å². The Hall–Kier alpha value is -0.990. The van der Waals surface area contributed by atoms with Crippen LogP contribution >= 0.6 is 0 Å². The summed E-state index contributed by atoms with van der Waals surface area (Å²) in [5.41, 5.74) is -0.494. The number of carbonyl (C=O) groups is 1. The normalized spacial score (nSPS) is 11.0. The maximum atomic E-state index is 11.4. The zero-order chi connectivity index (χ0) is 12.6. The van der Waals surface area contributed by atoms with Gasteiger partial charge in [-0.05, 0) is 33.8 Å². The van der Waals surface area contributed by atoms with Crippen molar-refractivity contribution in [2.75, 3.05) is 6.61 Å². The summed E-state index contributed by atoms with van der Waals surface area (Å²) in [6.07, 6.45) is 4.46. The second-order valence-electron chi connectivity index (χ2n) is 4.83. The number of esters is 1. The topological polar surface area (TPSA) is 35.5 Å². The fourth-order valence-corrected chi connectivity index (χ4v) is 1.12. The van der Waals surface area contributed by atoms with Crippen molar-refractivity contribution in [3.63, 3.8) is 0 Å². The molecule has 0 aromatic rings. The number of hydrogen-bond acceptors (Lipinski definition) is 3. The molecule has 0 saturated heterocycles. The van der Waals surface area contributed by atoms with Crippen molar-refractivity contribution in [3.8, 4) is 0 Å². The molecule has 0 N–H and O–H groups in total. The van der Waals surface area contributed by atoms with Crippen molar-refractivity contribution in [1.29, 1.82) is 0 Å². The van der Waals surface area contributed by atoms with Crippen molar-refractivity contribution in [3.05, 3.63) is 12.3 Å². The van der Waals surface area contributed by atoms with Crippen LogP contribution in [0.2, 0.25) is 0 Å². The van der Waals surface area contributed by atoms with Gasteiger partial charge < -0.3 is 9.47 Å². The molecule has 0 radical (unpaired) electrons. The van der Waals surface area contributed by atoms with Crippen molar-refractivity contribution in [2.45, 2.75) is 59.0 Å². The summed E-state index contributed by atoms with van der Waals surface area (Å²) in [5.74, 6) is -0.366. The van der Waals surface area contributed by atoms with Gasteiger partial charge >= 0.3 is 5.97 Å². The molecule has 0 aromatic carbocycles. The molecule has 0 aliphatic heterocycles. The minimum atomic E-state index is -0.494. The van der Waals surface area contributed by atoms with Gasteiger partial charge in [-0.3, -0.25) is 0 Å². The van der Waals surface area contributed by atoms with E-state index in [0.29, 0.717) is 6.61 Å². The van der Waals surface area contributed by atoms with Crippen LogP contribution in [0.5, 0.6) is 0 Å². The molecule has 0 aliphatic carbocycles. The molecule has 0 heterocycles. The molecule has 3 nitrogen and oxygen atoms in total. The summed E-state index contributed by atoms with van der Waals surface area (Å²) >= 11 is 0. The van der Waals surface area contributed by atoms with E-state index in [4.69, 9.17) is 9.47 Å². The van der Waals surface area contributed by atoms with Gasteiger partial charge in [0.1, 0.15) is 5.60 Å². The zero-order valence-electron chi connectivity index (χ0n) is 11.0. The number of rotatable bonds is 7. The molecule has 0 atom stereocenters. The van der Waals surface area contributed by atoms with E-state index in [1.165, 1.54) is 12.8 Å². The highest BCUT2D eigenvalue weighted by Gasteiger charge is 2.19. The first-order chi connectivity index (χ1) is 7.37. The summed E-state index contributed by atoms with van der Waals surface area (Å²) in [6.45, 7) is 11.7. The lowest BCUT2D eigenvalue weighted by Gasteiger charge is -2.20. The molecule has 0 fully saturated rings. The third-order valence-electron chi connectivity index (χ3n) is 1.90. The maximum absolute atomic E-state index is 11.4. The van der Waals surface area contributed by atoms with Gasteiger partial charge in [0.15, 0.2) is 5.76 Å². The van der Waals surface area contributed by atoms with Crippen LogP contribution in [0.1, 0.15) is 53.4 Å². The molecule has 0 saturated carbocycles. The van der Waals surface area contributed by atoms with Gasteiger partial charge in [-0.15, -0.1) is 0 Å². The number of hydrogen-bond donors (Lipinski definition) is 0. The molecule has 16 heavy (non-hydrogen) atoms. The van der Waals surface area contributed by atoms with E-state index in [1.54, 1.807) is 0 Å². The molecule has 3 heteroatoms. The highest BCUT2D eigenvalue weighted by Crippen LogP contribution is 2.11. The summed E-state index contributed by atoms with van der Waals surface area (Å²) in [7, 11) is 0. The lowest BCUT2D eigenvalue weighted by atomic mass is 10.2. The van der Waals surface area contributed by atoms with E-state index < -0.39 is 11.6 Å². The third-order valence-corrected chi connectivity index (χ3v) is 1.90. The lowest BCUT2D eigenvalue weighted by Crippen LogP contribution is -2.25. The van der Waals surface area contributed by atoms with Crippen LogP contribution < -0.4 is 0 Å². The minimum Gasteiger partial charge on any atom is -0.487 e. The van der Waals surface area contributed by atoms with E-state index in [9.17, 15) is 4.79 Å². The molecule has 94 valence electrons. The Kier molecular flexibility index (Phi) is 6.86. The van der Waals surface area contributed by atoms with Crippen LogP contribution in [-0.2, 0) is 14.3 Å². The molecule has 0 aliphatic rings. The van der Waals surface area contributed by atoms with Crippen molar-refractivity contribution < 1.29 is 14.3 Å². The standard InChI is InChI=1S/C13H24O3/c1-6-7-8-9-10-15-11(2)12(14)16-13(3,4)5/h2,6-10H2,1,3-5H3. The maximum Gasteiger partial charge on any atom is 0.373 e. The first-order valence-electron chi connectivity index (χ1n) is 5.92. The van der Waals surface area contributed by atoms with Crippen molar-refractivity contribution >= 4 is 5.97 Å². The molecular weight excluding hydrogens is 204 g/mol. The van der Waals surface area contributed by atoms with Gasteiger partial charge in [-0.1, -0.05) is 26.2 Å². The highest BCUT2D eigenvalue weighted by atomic mass is 16.6. The molecule has 0 amide bonds. The van der Waals surface area contributed by atoms with Crippen molar-refractivity contribution in [2.24, 2.45) is 0 Å². The number of carbonyl (C=O) groups excluding carboxylic acids is 1. The predicted octanol–water partition coefficient (Wildman–Crippen LogP) is 3.44. The Bertz CT molecular complexity index is 226. The molecular formula is C13H24O3. The summed E-state index contributed by atoms with van der Waals surface area (Å²) in [4.78, 5) is 11.4. The van der Waals surface area contributed by atoms with E-state index in [2.05, 4.69) is 13.5 Å². The fourth-order valence-electron chi connectivity index (χ4n) is 1.12. The lowest BCUT2D eigenvalue weighted by molar-refractivity contribution is -0.154. The van der Waals surface area contributed by atoms with E-state index >= 15 is 0 Å². The summed E-state index contributed by atoms with van der Waals surface area (Å²) in [5, 5.41) is 0.